The van der Waals surface area contributed by atoms with Crippen LogP contribution in [0.3, 0.4) is 0 Å². The number of para-hydroxylation sites is 1. The molecular weight excluding hydrogens is 255 g/mol. The first kappa shape index (κ1) is 14.6. The van der Waals surface area contributed by atoms with Crippen molar-refractivity contribution >= 4 is 5.69 Å². The van der Waals surface area contributed by atoms with Crippen molar-refractivity contribution in [1.82, 2.24) is 5.32 Å². The molecule has 4 heteroatoms. The molecule has 3 nitrogen and oxygen atoms in total. The number of benzene rings is 1. The third-order valence-electron chi connectivity index (χ3n) is 3.38. The lowest BCUT2D eigenvalue weighted by Crippen LogP contribution is -2.24. The van der Waals surface area contributed by atoms with Crippen LogP contribution in [0, 0.1) is 5.82 Å². The summed E-state index contributed by atoms with van der Waals surface area (Å²) in [6.07, 6.45) is 3.32. The van der Waals surface area contributed by atoms with Gasteiger partial charge in [-0.05, 0) is 31.2 Å². The second-order valence-corrected chi connectivity index (χ2v) is 4.94. The van der Waals surface area contributed by atoms with Crippen LogP contribution in [0.5, 0.6) is 0 Å². The Labute approximate surface area is 119 Å². The molecular formula is C16H21FN2O. The molecule has 0 aliphatic rings. The predicted octanol–water partition coefficient (Wildman–Crippen LogP) is 3.73. The van der Waals surface area contributed by atoms with Gasteiger partial charge in [0, 0.05) is 25.2 Å². The average molecular weight is 276 g/mol. The Morgan fingerprint density at radius 2 is 2.15 bits per heavy atom. The lowest BCUT2D eigenvalue weighted by Gasteiger charge is -2.25. The van der Waals surface area contributed by atoms with E-state index in [9.17, 15) is 4.39 Å². The van der Waals surface area contributed by atoms with Gasteiger partial charge in [-0.3, -0.25) is 0 Å². The number of halogens is 1. The minimum atomic E-state index is -0.196. The molecule has 0 bridgehead atoms. The molecule has 0 spiro atoms. The molecule has 2 rings (SSSR count). The molecule has 0 saturated heterocycles. The largest absolute Gasteiger partial charge is 0.472 e. The minimum absolute atomic E-state index is 0.109. The Bertz CT molecular complexity index is 539. The van der Waals surface area contributed by atoms with Crippen molar-refractivity contribution in [2.24, 2.45) is 0 Å². The van der Waals surface area contributed by atoms with E-state index >= 15 is 0 Å². The van der Waals surface area contributed by atoms with E-state index in [0.29, 0.717) is 12.2 Å². The number of nitrogens with zero attached hydrogens (tertiary/aromatic N) is 1. The zero-order valence-electron chi connectivity index (χ0n) is 12.2. The van der Waals surface area contributed by atoms with Gasteiger partial charge in [0.1, 0.15) is 5.82 Å². The average Bonchev–Trinajstić information content (AvgIpc) is 2.91. The van der Waals surface area contributed by atoms with Gasteiger partial charge in [-0.15, -0.1) is 0 Å². The highest BCUT2D eigenvalue weighted by Crippen LogP contribution is 2.29. The van der Waals surface area contributed by atoms with Crippen LogP contribution in [0.15, 0.2) is 41.2 Å². The first-order chi connectivity index (χ1) is 9.63. The summed E-state index contributed by atoms with van der Waals surface area (Å²) < 4.78 is 19.3. The van der Waals surface area contributed by atoms with Crippen LogP contribution in [0.2, 0.25) is 0 Å². The van der Waals surface area contributed by atoms with E-state index in [1.54, 1.807) is 18.6 Å². The summed E-state index contributed by atoms with van der Waals surface area (Å²) in [5.74, 6) is -0.196. The highest BCUT2D eigenvalue weighted by molar-refractivity contribution is 5.55. The van der Waals surface area contributed by atoms with Gasteiger partial charge in [-0.2, -0.15) is 0 Å². The third-order valence-corrected chi connectivity index (χ3v) is 3.38. The van der Waals surface area contributed by atoms with E-state index < -0.39 is 0 Å². The highest BCUT2D eigenvalue weighted by atomic mass is 19.1. The van der Waals surface area contributed by atoms with E-state index in [0.717, 1.165) is 17.7 Å². The maximum atomic E-state index is 14.2. The quantitative estimate of drug-likeness (QED) is 0.871. The van der Waals surface area contributed by atoms with Crippen LogP contribution >= 0.6 is 0 Å². The first-order valence-corrected chi connectivity index (χ1v) is 6.87. The van der Waals surface area contributed by atoms with Crippen molar-refractivity contribution in [3.63, 3.8) is 0 Å². The molecule has 0 radical (unpaired) electrons. The molecule has 0 aliphatic heterocycles. The second kappa shape index (κ2) is 6.57. The second-order valence-electron chi connectivity index (χ2n) is 4.94. The van der Waals surface area contributed by atoms with Crippen molar-refractivity contribution in [2.75, 3.05) is 18.5 Å². The van der Waals surface area contributed by atoms with Gasteiger partial charge in [0.25, 0.3) is 0 Å². The van der Waals surface area contributed by atoms with Crippen molar-refractivity contribution in [3.05, 3.63) is 53.7 Å². The van der Waals surface area contributed by atoms with E-state index in [4.69, 9.17) is 4.42 Å². The maximum absolute atomic E-state index is 14.2. The molecule has 20 heavy (non-hydrogen) atoms. The Morgan fingerprint density at radius 1 is 1.35 bits per heavy atom. The summed E-state index contributed by atoms with van der Waals surface area (Å²) in [5.41, 5.74) is 2.64. The molecule has 1 aromatic heterocycles. The fourth-order valence-electron chi connectivity index (χ4n) is 2.44. The van der Waals surface area contributed by atoms with Gasteiger partial charge >= 0.3 is 0 Å². The SMILES string of the molecule is CCNC(C)c1cccc(F)c1N(C)Cc1ccoc1. The zero-order chi connectivity index (χ0) is 14.5. The molecule has 1 N–H and O–H groups in total. The molecule has 1 unspecified atom stereocenters. The number of furan rings is 1. The summed E-state index contributed by atoms with van der Waals surface area (Å²) in [6, 6.07) is 7.23. The monoisotopic (exact) mass is 276 g/mol. The van der Waals surface area contributed by atoms with Gasteiger partial charge in [0.15, 0.2) is 0 Å². The molecule has 0 fully saturated rings. The van der Waals surface area contributed by atoms with E-state index in [1.165, 1.54) is 6.07 Å². The fraction of sp³-hybridized carbons (Fsp3) is 0.375. The molecule has 2 aromatic rings. The van der Waals surface area contributed by atoms with Gasteiger partial charge in [-0.1, -0.05) is 19.1 Å². The molecule has 0 amide bonds. The fourth-order valence-corrected chi connectivity index (χ4v) is 2.44. The van der Waals surface area contributed by atoms with E-state index in [2.05, 4.69) is 5.32 Å². The maximum Gasteiger partial charge on any atom is 0.146 e. The number of hydrogen-bond acceptors (Lipinski definition) is 3. The molecule has 0 aliphatic carbocycles. The Kier molecular flexibility index (Phi) is 4.79. The van der Waals surface area contributed by atoms with Crippen LogP contribution in [0.1, 0.15) is 31.0 Å². The summed E-state index contributed by atoms with van der Waals surface area (Å²) in [7, 11) is 1.90. The highest BCUT2D eigenvalue weighted by Gasteiger charge is 2.17. The van der Waals surface area contributed by atoms with E-state index in [1.807, 2.05) is 37.9 Å². The summed E-state index contributed by atoms with van der Waals surface area (Å²) in [4.78, 5) is 1.92. The van der Waals surface area contributed by atoms with Gasteiger partial charge in [0.05, 0.1) is 18.2 Å². The lowest BCUT2D eigenvalue weighted by atomic mass is 10.0. The van der Waals surface area contributed by atoms with Gasteiger partial charge in [-0.25, -0.2) is 4.39 Å². The standard InChI is InChI=1S/C16H21FN2O/c1-4-18-12(2)14-6-5-7-15(17)16(14)19(3)10-13-8-9-20-11-13/h5-9,11-12,18H,4,10H2,1-3H3. The molecule has 1 atom stereocenters. The van der Waals surface area contributed by atoms with Crippen LogP contribution in [0.25, 0.3) is 0 Å². The van der Waals surface area contributed by atoms with Crippen molar-refractivity contribution in [2.45, 2.75) is 26.4 Å². The first-order valence-electron chi connectivity index (χ1n) is 6.87. The third kappa shape index (κ3) is 3.20. The summed E-state index contributed by atoms with van der Waals surface area (Å²) >= 11 is 0. The predicted molar refractivity (Wildman–Crippen MR) is 79.3 cm³/mol. The van der Waals surface area contributed by atoms with Crippen molar-refractivity contribution in [1.29, 1.82) is 0 Å². The Balaban J connectivity index is 2.29. The number of rotatable bonds is 6. The van der Waals surface area contributed by atoms with Crippen molar-refractivity contribution in [3.8, 4) is 0 Å². The number of nitrogens with one attached hydrogen (secondary N) is 1. The zero-order valence-corrected chi connectivity index (χ0v) is 12.2. The topological polar surface area (TPSA) is 28.4 Å². The van der Waals surface area contributed by atoms with Gasteiger partial charge in [0.2, 0.25) is 0 Å². The van der Waals surface area contributed by atoms with Crippen LogP contribution in [0.4, 0.5) is 10.1 Å². The lowest BCUT2D eigenvalue weighted by molar-refractivity contribution is 0.562. The summed E-state index contributed by atoms with van der Waals surface area (Å²) in [5, 5.41) is 3.33. The van der Waals surface area contributed by atoms with Gasteiger partial charge < -0.3 is 14.6 Å². The molecule has 108 valence electrons. The molecule has 1 aromatic carbocycles. The van der Waals surface area contributed by atoms with Crippen LogP contribution in [-0.2, 0) is 6.54 Å². The Hall–Kier alpha value is -1.81. The summed E-state index contributed by atoms with van der Waals surface area (Å²) in [6.45, 7) is 5.56. The van der Waals surface area contributed by atoms with Crippen LogP contribution < -0.4 is 10.2 Å². The number of hydrogen-bond donors (Lipinski definition) is 1. The Morgan fingerprint density at radius 3 is 2.80 bits per heavy atom. The normalized spacial score (nSPS) is 12.4. The minimum Gasteiger partial charge on any atom is -0.472 e. The smallest absolute Gasteiger partial charge is 0.146 e. The molecule has 1 heterocycles. The number of anilines is 1. The van der Waals surface area contributed by atoms with Crippen molar-refractivity contribution < 1.29 is 8.81 Å². The molecule has 0 saturated carbocycles. The van der Waals surface area contributed by atoms with Crippen LogP contribution in [-0.4, -0.2) is 13.6 Å². The van der Waals surface area contributed by atoms with E-state index in [-0.39, 0.29) is 11.9 Å².